The number of ether oxygens (including phenoxy) is 1. The van der Waals surface area contributed by atoms with E-state index in [4.69, 9.17) is 10.6 Å². The molecule has 3 rings (SSSR count). The maximum atomic E-state index is 13.0. The molecule has 1 aromatic carbocycles. The fraction of sp³-hybridized carbons (Fsp3) is 0.316. The lowest BCUT2D eigenvalue weighted by molar-refractivity contribution is -0.151. The van der Waals surface area contributed by atoms with Gasteiger partial charge in [-0.1, -0.05) is 0 Å². The van der Waals surface area contributed by atoms with E-state index in [1.54, 1.807) is 0 Å². The van der Waals surface area contributed by atoms with Gasteiger partial charge in [0.1, 0.15) is 19.5 Å². The third-order valence-electron chi connectivity index (χ3n) is 4.64. The maximum Gasteiger partial charge on any atom is 0.416 e. The second kappa shape index (κ2) is 9.83. The number of hydrogen-bond donors (Lipinski definition) is 1. The number of hydrazine groups is 1. The Morgan fingerprint density at radius 2 is 1.74 bits per heavy atom. The minimum atomic E-state index is -5.05. The number of morpholine rings is 1. The van der Waals surface area contributed by atoms with Gasteiger partial charge in [0.2, 0.25) is 5.91 Å². The lowest BCUT2D eigenvalue weighted by Crippen LogP contribution is -2.51. The topological polar surface area (TPSA) is 124 Å². The van der Waals surface area contributed by atoms with Crippen LogP contribution in [-0.2, 0) is 31.5 Å². The van der Waals surface area contributed by atoms with Gasteiger partial charge in [-0.15, -0.1) is 5.10 Å². The Kier molecular flexibility index (Phi) is 7.25. The number of benzene rings is 1. The molecule has 1 saturated heterocycles. The van der Waals surface area contributed by atoms with E-state index in [9.17, 15) is 40.7 Å². The summed E-state index contributed by atoms with van der Waals surface area (Å²) < 4.78 is 84.0. The number of alkyl halides is 6. The molecule has 3 amide bonds. The van der Waals surface area contributed by atoms with Crippen molar-refractivity contribution >= 4 is 23.9 Å². The van der Waals surface area contributed by atoms with Crippen LogP contribution in [0.2, 0.25) is 0 Å². The third kappa shape index (κ3) is 6.42. The number of halogens is 6. The van der Waals surface area contributed by atoms with Crippen LogP contribution in [0.15, 0.2) is 30.6 Å². The zero-order chi connectivity index (χ0) is 26.0. The van der Waals surface area contributed by atoms with Gasteiger partial charge in [0.05, 0.1) is 17.7 Å². The van der Waals surface area contributed by atoms with Gasteiger partial charge in [0, 0.05) is 24.4 Å². The van der Waals surface area contributed by atoms with Gasteiger partial charge < -0.3 is 9.64 Å². The molecular weight excluding hydrogens is 490 g/mol. The first-order chi connectivity index (χ1) is 16.3. The largest absolute Gasteiger partial charge is 0.416 e. The van der Waals surface area contributed by atoms with Crippen LogP contribution in [0.5, 0.6) is 0 Å². The van der Waals surface area contributed by atoms with Crippen LogP contribution < -0.4 is 5.84 Å². The average molecular weight is 506 g/mol. The van der Waals surface area contributed by atoms with E-state index in [-0.39, 0.29) is 30.8 Å². The van der Waals surface area contributed by atoms with Crippen LogP contribution in [-0.4, -0.2) is 68.7 Å². The monoisotopic (exact) mass is 506 g/mol. The van der Waals surface area contributed by atoms with Crippen LogP contribution in [0.1, 0.15) is 11.1 Å². The van der Waals surface area contributed by atoms with Crippen molar-refractivity contribution in [3.8, 4) is 11.4 Å². The lowest BCUT2D eigenvalue weighted by Gasteiger charge is -2.27. The number of carbonyl (C=O) groups excluding carboxylic acids is 3. The summed E-state index contributed by atoms with van der Waals surface area (Å²) in [4.78, 5) is 40.7. The average Bonchev–Trinajstić information content (AvgIpc) is 3.26. The van der Waals surface area contributed by atoms with E-state index >= 15 is 0 Å². The second-order valence-corrected chi connectivity index (χ2v) is 7.13. The fourth-order valence-corrected chi connectivity index (χ4v) is 2.86. The van der Waals surface area contributed by atoms with Gasteiger partial charge in [-0.2, -0.15) is 26.3 Å². The molecule has 0 bridgehead atoms. The highest BCUT2D eigenvalue weighted by molar-refractivity contribution is 6.02. The van der Waals surface area contributed by atoms with Gasteiger partial charge in [-0.3, -0.25) is 14.4 Å². The summed E-state index contributed by atoms with van der Waals surface area (Å²) in [6.07, 6.45) is -7.47. The quantitative estimate of drug-likeness (QED) is 0.215. The van der Waals surface area contributed by atoms with Crippen LogP contribution in [0.3, 0.4) is 0 Å². The molecule has 1 aliphatic heterocycles. The predicted octanol–water partition coefficient (Wildman–Crippen LogP) is 1.54. The Morgan fingerprint density at radius 1 is 1.11 bits per heavy atom. The van der Waals surface area contributed by atoms with Crippen molar-refractivity contribution in [2.45, 2.75) is 12.4 Å². The number of nitrogens with zero attached hydrogens (tertiary/aromatic N) is 5. The highest BCUT2D eigenvalue weighted by Crippen LogP contribution is 2.38. The van der Waals surface area contributed by atoms with Gasteiger partial charge in [-0.25, -0.2) is 20.5 Å². The molecule has 1 fully saturated rings. The van der Waals surface area contributed by atoms with E-state index in [1.165, 1.54) is 0 Å². The highest BCUT2D eigenvalue weighted by atomic mass is 19.4. The minimum absolute atomic E-state index is 0.0314. The van der Waals surface area contributed by atoms with Gasteiger partial charge in [0.15, 0.2) is 5.82 Å². The Balaban J connectivity index is 1.74. The summed E-state index contributed by atoms with van der Waals surface area (Å²) in [6, 6.07) is 0.879. The number of nitrogens with two attached hydrogens (primary N) is 1. The number of carbonyl (C=O) groups is 3. The van der Waals surface area contributed by atoms with E-state index < -0.39 is 59.1 Å². The number of hydrogen-bond acceptors (Lipinski definition) is 7. The van der Waals surface area contributed by atoms with Crippen molar-refractivity contribution in [3.63, 3.8) is 0 Å². The summed E-state index contributed by atoms with van der Waals surface area (Å²) in [5.41, 5.74) is -3.64. The first kappa shape index (κ1) is 25.8. The SMILES string of the molecule is NN(C(=O)C=Cn1cnc(-c2cc(C(F)(F)F)cc(C(F)(F)F)c2)n1)C(=O)CN1CCOCC1=O. The molecular formula is C19H16F6N6O4. The van der Waals surface area contributed by atoms with Crippen molar-refractivity contribution < 1.29 is 45.5 Å². The molecule has 0 unspecified atom stereocenters. The molecule has 35 heavy (non-hydrogen) atoms. The van der Waals surface area contributed by atoms with Gasteiger partial charge in [0.25, 0.3) is 11.8 Å². The summed E-state index contributed by atoms with van der Waals surface area (Å²) in [5, 5.41) is 3.96. The molecule has 0 saturated carbocycles. The summed E-state index contributed by atoms with van der Waals surface area (Å²) in [7, 11) is 0. The van der Waals surface area contributed by atoms with E-state index in [2.05, 4.69) is 10.1 Å². The lowest BCUT2D eigenvalue weighted by atomic mass is 10.0. The first-order valence-corrected chi connectivity index (χ1v) is 9.62. The Labute approximate surface area is 192 Å². The first-order valence-electron chi connectivity index (χ1n) is 9.62. The van der Waals surface area contributed by atoms with E-state index in [0.29, 0.717) is 12.1 Å². The molecule has 0 atom stereocenters. The molecule has 10 nitrogen and oxygen atoms in total. The standard InChI is InChI=1S/C19H16F6N6O4/c20-18(21,22)12-5-11(6-13(7-12)19(23,24)25)17-27-10-30(28-17)2-1-14(32)31(26)15(33)8-29-3-4-35-9-16(29)34/h1-2,5-7,10H,3-4,8-9,26H2. The molecule has 2 aromatic rings. The zero-order valence-corrected chi connectivity index (χ0v) is 17.5. The molecule has 0 spiro atoms. The molecule has 0 aliphatic carbocycles. The van der Waals surface area contributed by atoms with Crippen molar-refractivity contribution in [1.29, 1.82) is 0 Å². The fourth-order valence-electron chi connectivity index (χ4n) is 2.86. The Morgan fingerprint density at radius 3 is 2.31 bits per heavy atom. The number of aromatic nitrogens is 3. The molecule has 1 aromatic heterocycles. The molecule has 1 aliphatic rings. The molecule has 2 N–H and O–H groups in total. The number of rotatable bonds is 5. The van der Waals surface area contributed by atoms with Gasteiger partial charge in [-0.05, 0) is 18.2 Å². The summed E-state index contributed by atoms with van der Waals surface area (Å²) >= 11 is 0. The molecule has 16 heteroatoms. The van der Waals surface area contributed by atoms with E-state index in [1.807, 2.05) is 0 Å². The molecule has 0 radical (unpaired) electrons. The maximum absolute atomic E-state index is 13.0. The number of amides is 3. The molecule has 188 valence electrons. The van der Waals surface area contributed by atoms with Crippen molar-refractivity contribution in [1.82, 2.24) is 24.7 Å². The predicted molar refractivity (Wildman–Crippen MR) is 104 cm³/mol. The van der Waals surface area contributed by atoms with Crippen LogP contribution in [0.4, 0.5) is 26.3 Å². The van der Waals surface area contributed by atoms with Crippen molar-refractivity contribution in [2.24, 2.45) is 5.84 Å². The van der Waals surface area contributed by atoms with Crippen molar-refractivity contribution in [3.05, 3.63) is 41.7 Å². The number of imide groups is 1. The zero-order valence-electron chi connectivity index (χ0n) is 17.5. The van der Waals surface area contributed by atoms with Crippen LogP contribution in [0.25, 0.3) is 17.6 Å². The highest BCUT2D eigenvalue weighted by Gasteiger charge is 2.37. The molecule has 2 heterocycles. The second-order valence-electron chi connectivity index (χ2n) is 7.13. The van der Waals surface area contributed by atoms with E-state index in [0.717, 1.165) is 28.2 Å². The summed E-state index contributed by atoms with van der Waals surface area (Å²) in [5.74, 6) is 2.57. The normalized spacial score (nSPS) is 15.1. The Hall–Kier alpha value is -3.79. The summed E-state index contributed by atoms with van der Waals surface area (Å²) in [6.45, 7) is -0.336. The Bertz CT molecular complexity index is 1130. The third-order valence-corrected chi connectivity index (χ3v) is 4.64. The van der Waals surface area contributed by atoms with Crippen LogP contribution in [0, 0.1) is 0 Å². The van der Waals surface area contributed by atoms with Crippen LogP contribution >= 0.6 is 0 Å². The smallest absolute Gasteiger partial charge is 0.370 e. The van der Waals surface area contributed by atoms with Gasteiger partial charge >= 0.3 is 12.4 Å². The minimum Gasteiger partial charge on any atom is -0.370 e. The van der Waals surface area contributed by atoms with Crippen molar-refractivity contribution in [2.75, 3.05) is 26.3 Å².